The van der Waals surface area contributed by atoms with Gasteiger partial charge in [-0.1, -0.05) is 15.9 Å². The molecule has 0 spiro atoms. The molecule has 136 valence electrons. The first-order valence-electron chi connectivity index (χ1n) is 8.10. The number of ether oxygens (including phenoxy) is 1. The summed E-state index contributed by atoms with van der Waals surface area (Å²) >= 11 is 3.33. The van der Waals surface area contributed by atoms with Crippen molar-refractivity contribution in [3.63, 3.8) is 0 Å². The first-order chi connectivity index (χ1) is 12.9. The quantitative estimate of drug-likeness (QED) is 0.428. The zero-order chi connectivity index (χ0) is 19.6. The molecule has 0 unspecified atom stereocenters. The molecule has 27 heavy (non-hydrogen) atoms. The highest BCUT2D eigenvalue weighted by Crippen LogP contribution is 2.32. The van der Waals surface area contributed by atoms with E-state index in [2.05, 4.69) is 27.1 Å². The molecule has 7 nitrogen and oxygen atoms in total. The SMILES string of the molecule is CC(C)Oc1ccc(-n2ccc(-c3cc(Br)ccc3[N+](=O)[O-])n2)c(C#N)c1. The summed E-state index contributed by atoms with van der Waals surface area (Å²) in [7, 11) is 0. The van der Waals surface area contributed by atoms with Gasteiger partial charge in [0.1, 0.15) is 11.8 Å². The average Bonchev–Trinajstić information content (AvgIpc) is 3.10. The summed E-state index contributed by atoms with van der Waals surface area (Å²) in [5, 5.41) is 25.2. The lowest BCUT2D eigenvalue weighted by molar-refractivity contribution is -0.384. The van der Waals surface area contributed by atoms with Crippen LogP contribution >= 0.6 is 15.9 Å². The minimum Gasteiger partial charge on any atom is -0.491 e. The molecule has 0 amide bonds. The maximum Gasteiger partial charge on any atom is 0.278 e. The van der Waals surface area contributed by atoms with Crippen molar-refractivity contribution in [2.75, 3.05) is 0 Å². The smallest absolute Gasteiger partial charge is 0.278 e. The summed E-state index contributed by atoms with van der Waals surface area (Å²) < 4.78 is 7.86. The molecule has 2 aromatic carbocycles. The number of halogens is 1. The molecule has 3 rings (SSSR count). The fraction of sp³-hybridized carbons (Fsp3) is 0.158. The lowest BCUT2D eigenvalue weighted by atomic mass is 10.1. The lowest BCUT2D eigenvalue weighted by Crippen LogP contribution is -2.06. The van der Waals surface area contributed by atoms with E-state index in [1.165, 1.54) is 10.7 Å². The molecule has 0 saturated carbocycles. The van der Waals surface area contributed by atoms with E-state index in [0.717, 1.165) is 0 Å². The van der Waals surface area contributed by atoms with Crippen molar-refractivity contribution in [3.8, 4) is 28.8 Å². The van der Waals surface area contributed by atoms with Crippen LogP contribution in [0.5, 0.6) is 5.75 Å². The number of benzene rings is 2. The molecule has 3 aromatic rings. The largest absolute Gasteiger partial charge is 0.491 e. The molecule has 0 aliphatic heterocycles. The predicted octanol–water partition coefficient (Wildman–Crippen LogP) is 4.87. The predicted molar refractivity (Wildman–Crippen MR) is 104 cm³/mol. The molecule has 1 aromatic heterocycles. The normalized spacial score (nSPS) is 10.6. The summed E-state index contributed by atoms with van der Waals surface area (Å²) in [6.07, 6.45) is 1.66. The highest BCUT2D eigenvalue weighted by Gasteiger charge is 2.18. The van der Waals surface area contributed by atoms with Gasteiger partial charge >= 0.3 is 0 Å². The van der Waals surface area contributed by atoms with Crippen molar-refractivity contribution in [3.05, 3.63) is 68.8 Å². The third-order valence-corrected chi connectivity index (χ3v) is 4.22. The average molecular weight is 427 g/mol. The number of aromatic nitrogens is 2. The van der Waals surface area contributed by atoms with E-state index in [-0.39, 0.29) is 11.8 Å². The standard InChI is InChI=1S/C19H15BrN4O3/c1-12(2)27-15-4-6-18(13(9-15)11-21)23-8-7-17(22-23)16-10-14(20)3-5-19(16)24(25)26/h3-10,12H,1-2H3. The number of nitrogens with zero attached hydrogens (tertiary/aromatic N) is 4. The third kappa shape index (κ3) is 3.99. The summed E-state index contributed by atoms with van der Waals surface area (Å²) in [5.74, 6) is 0.598. The van der Waals surface area contributed by atoms with Crippen molar-refractivity contribution in [2.45, 2.75) is 20.0 Å². The van der Waals surface area contributed by atoms with Gasteiger partial charge in [0, 0.05) is 22.8 Å². The van der Waals surface area contributed by atoms with E-state index < -0.39 is 4.92 Å². The number of nitriles is 1. The molecule has 0 saturated heterocycles. The van der Waals surface area contributed by atoms with Crippen LogP contribution in [0.1, 0.15) is 19.4 Å². The van der Waals surface area contributed by atoms with Gasteiger partial charge in [-0.05, 0) is 44.2 Å². The Hall–Kier alpha value is -3.18. The summed E-state index contributed by atoms with van der Waals surface area (Å²) in [4.78, 5) is 10.9. The number of rotatable bonds is 5. The van der Waals surface area contributed by atoms with Crippen LogP contribution in [0.4, 0.5) is 5.69 Å². The fourth-order valence-electron chi connectivity index (χ4n) is 2.62. The molecule has 0 fully saturated rings. The van der Waals surface area contributed by atoms with Gasteiger partial charge in [0.05, 0.1) is 33.5 Å². The second-order valence-electron chi connectivity index (χ2n) is 6.02. The van der Waals surface area contributed by atoms with Gasteiger partial charge < -0.3 is 4.74 Å². The van der Waals surface area contributed by atoms with E-state index in [1.54, 1.807) is 42.6 Å². The highest BCUT2D eigenvalue weighted by atomic mass is 79.9. The van der Waals surface area contributed by atoms with Crippen molar-refractivity contribution >= 4 is 21.6 Å². The zero-order valence-corrected chi connectivity index (χ0v) is 16.2. The van der Waals surface area contributed by atoms with E-state index in [1.807, 2.05) is 13.8 Å². The van der Waals surface area contributed by atoms with Crippen molar-refractivity contribution in [1.82, 2.24) is 9.78 Å². The Bertz CT molecular complexity index is 1050. The van der Waals surface area contributed by atoms with Gasteiger partial charge in [0.25, 0.3) is 5.69 Å². The Balaban J connectivity index is 2.04. The second-order valence-corrected chi connectivity index (χ2v) is 6.94. The van der Waals surface area contributed by atoms with Crippen molar-refractivity contribution in [2.24, 2.45) is 0 Å². The summed E-state index contributed by atoms with van der Waals surface area (Å²) in [6, 6.07) is 13.7. The number of nitro groups is 1. The maximum atomic E-state index is 11.3. The van der Waals surface area contributed by atoms with Crippen LogP contribution in [0, 0.1) is 21.4 Å². The molecule has 8 heteroatoms. The van der Waals surface area contributed by atoms with E-state index in [9.17, 15) is 15.4 Å². The first-order valence-corrected chi connectivity index (χ1v) is 8.89. The van der Waals surface area contributed by atoms with E-state index in [0.29, 0.717) is 32.7 Å². The minimum absolute atomic E-state index is 0.00391. The van der Waals surface area contributed by atoms with Gasteiger partial charge in [-0.25, -0.2) is 4.68 Å². The van der Waals surface area contributed by atoms with Crippen LogP contribution < -0.4 is 4.74 Å². The van der Waals surface area contributed by atoms with Crippen LogP contribution in [0.25, 0.3) is 16.9 Å². The summed E-state index contributed by atoms with van der Waals surface area (Å²) in [5.41, 5.74) is 1.76. The minimum atomic E-state index is -0.445. The maximum absolute atomic E-state index is 11.3. The number of hydrogen-bond donors (Lipinski definition) is 0. The van der Waals surface area contributed by atoms with Gasteiger partial charge in [0.15, 0.2) is 0 Å². The van der Waals surface area contributed by atoms with Gasteiger partial charge in [-0.2, -0.15) is 10.4 Å². The Labute approximate surface area is 164 Å². The molecule has 0 radical (unpaired) electrons. The van der Waals surface area contributed by atoms with Crippen molar-refractivity contribution < 1.29 is 9.66 Å². The Morgan fingerprint density at radius 3 is 2.70 bits per heavy atom. The number of nitro benzene ring substituents is 1. The lowest BCUT2D eigenvalue weighted by Gasteiger charge is -2.11. The van der Waals surface area contributed by atoms with Crippen LogP contribution in [-0.4, -0.2) is 20.8 Å². The Kier molecular flexibility index (Phi) is 5.23. The molecule has 0 aliphatic carbocycles. The van der Waals surface area contributed by atoms with Crippen LogP contribution in [-0.2, 0) is 0 Å². The van der Waals surface area contributed by atoms with Crippen LogP contribution in [0.2, 0.25) is 0 Å². The summed E-state index contributed by atoms with van der Waals surface area (Å²) in [6.45, 7) is 3.81. The molecule has 1 heterocycles. The zero-order valence-electron chi connectivity index (χ0n) is 14.6. The van der Waals surface area contributed by atoms with E-state index >= 15 is 0 Å². The third-order valence-electron chi connectivity index (χ3n) is 3.73. The Morgan fingerprint density at radius 1 is 1.26 bits per heavy atom. The van der Waals surface area contributed by atoms with Crippen LogP contribution in [0.15, 0.2) is 53.1 Å². The van der Waals surface area contributed by atoms with Crippen LogP contribution in [0.3, 0.4) is 0 Å². The monoisotopic (exact) mass is 426 g/mol. The molecule has 0 atom stereocenters. The molecule has 0 N–H and O–H groups in total. The first kappa shape index (κ1) is 18.6. The highest BCUT2D eigenvalue weighted by molar-refractivity contribution is 9.10. The topological polar surface area (TPSA) is 94.0 Å². The second kappa shape index (κ2) is 7.60. The molecule has 0 aliphatic rings. The molecule has 0 bridgehead atoms. The van der Waals surface area contributed by atoms with Gasteiger partial charge in [-0.3, -0.25) is 10.1 Å². The molecular formula is C19H15BrN4O3. The number of hydrogen-bond acceptors (Lipinski definition) is 5. The van der Waals surface area contributed by atoms with E-state index in [4.69, 9.17) is 4.74 Å². The molecular weight excluding hydrogens is 412 g/mol. The fourth-order valence-corrected chi connectivity index (χ4v) is 2.99. The van der Waals surface area contributed by atoms with Gasteiger partial charge in [0.2, 0.25) is 0 Å². The van der Waals surface area contributed by atoms with Gasteiger partial charge in [-0.15, -0.1) is 0 Å². The van der Waals surface area contributed by atoms with Crippen molar-refractivity contribution in [1.29, 1.82) is 5.26 Å². The Morgan fingerprint density at radius 2 is 2.04 bits per heavy atom.